The van der Waals surface area contributed by atoms with E-state index in [9.17, 15) is 14.7 Å². The van der Waals surface area contributed by atoms with Crippen LogP contribution in [-0.2, 0) is 4.79 Å². The summed E-state index contributed by atoms with van der Waals surface area (Å²) in [6.45, 7) is 0.457. The van der Waals surface area contributed by atoms with Crippen molar-refractivity contribution in [2.75, 3.05) is 26.5 Å². The smallest absolute Gasteiger partial charge is 0.254 e. The van der Waals surface area contributed by atoms with Crippen molar-refractivity contribution in [1.82, 2.24) is 9.80 Å². The number of amides is 2. The van der Waals surface area contributed by atoms with E-state index in [1.165, 1.54) is 25.7 Å². The molecule has 2 aromatic rings. The van der Waals surface area contributed by atoms with Gasteiger partial charge in [-0.15, -0.1) is 0 Å². The number of ether oxygens (including phenoxy) is 2. The summed E-state index contributed by atoms with van der Waals surface area (Å²) >= 11 is 0. The van der Waals surface area contributed by atoms with Crippen molar-refractivity contribution < 1.29 is 24.2 Å². The highest BCUT2D eigenvalue weighted by Crippen LogP contribution is 2.43. The third-order valence-corrected chi connectivity index (χ3v) is 8.05. The van der Waals surface area contributed by atoms with Gasteiger partial charge >= 0.3 is 0 Å². The van der Waals surface area contributed by atoms with E-state index >= 15 is 0 Å². The third-order valence-electron chi connectivity index (χ3n) is 8.05. The van der Waals surface area contributed by atoms with Crippen molar-refractivity contribution >= 4 is 11.8 Å². The quantitative estimate of drug-likeness (QED) is 0.672. The number of carbonyl (C=O) groups is 2. The number of benzene rings is 2. The van der Waals surface area contributed by atoms with E-state index in [-0.39, 0.29) is 49.8 Å². The van der Waals surface area contributed by atoms with Crippen molar-refractivity contribution in [3.05, 3.63) is 59.2 Å². The predicted octanol–water partition coefficient (Wildman–Crippen LogP) is 3.16. The van der Waals surface area contributed by atoms with Crippen molar-refractivity contribution in [2.45, 2.75) is 50.1 Å². The second-order valence-corrected chi connectivity index (χ2v) is 10.2. The lowest BCUT2D eigenvalue weighted by Crippen LogP contribution is -2.73. The van der Waals surface area contributed by atoms with Crippen LogP contribution in [0, 0.1) is 17.8 Å². The number of hydrogen-bond acceptors (Lipinski definition) is 5. The van der Waals surface area contributed by atoms with Crippen LogP contribution in [0.2, 0.25) is 0 Å². The van der Waals surface area contributed by atoms with Gasteiger partial charge in [0.25, 0.3) is 5.91 Å². The molecule has 0 aromatic heterocycles. The number of rotatable bonds is 4. The molecule has 0 bridgehead atoms. The van der Waals surface area contributed by atoms with Crippen molar-refractivity contribution in [3.8, 4) is 23.3 Å². The molecule has 2 amide bonds. The minimum absolute atomic E-state index is 0.00250. The predicted molar refractivity (Wildman–Crippen MR) is 133 cm³/mol. The zero-order valence-electron chi connectivity index (χ0n) is 20.2. The van der Waals surface area contributed by atoms with Crippen LogP contribution in [0.5, 0.6) is 11.5 Å². The lowest BCUT2D eigenvalue weighted by atomic mass is 9.73. The van der Waals surface area contributed by atoms with E-state index < -0.39 is 0 Å². The van der Waals surface area contributed by atoms with E-state index in [1.807, 2.05) is 24.3 Å². The first-order valence-corrected chi connectivity index (χ1v) is 12.8. The summed E-state index contributed by atoms with van der Waals surface area (Å²) in [6.07, 6.45) is 6.21. The van der Waals surface area contributed by atoms with Crippen LogP contribution in [0.4, 0.5) is 0 Å². The van der Waals surface area contributed by atoms with Gasteiger partial charge in [-0.3, -0.25) is 9.59 Å². The van der Waals surface area contributed by atoms with Gasteiger partial charge < -0.3 is 24.4 Å². The second-order valence-electron chi connectivity index (χ2n) is 10.2. The molecule has 7 nitrogen and oxygen atoms in total. The van der Waals surface area contributed by atoms with Gasteiger partial charge in [0.2, 0.25) is 12.7 Å². The van der Waals surface area contributed by atoms with Crippen LogP contribution in [-0.4, -0.2) is 65.3 Å². The maximum atomic E-state index is 13.3. The van der Waals surface area contributed by atoms with E-state index in [4.69, 9.17) is 9.47 Å². The molecule has 186 valence electrons. The van der Waals surface area contributed by atoms with Gasteiger partial charge in [0.05, 0.1) is 18.7 Å². The van der Waals surface area contributed by atoms with E-state index in [0.717, 1.165) is 23.5 Å². The van der Waals surface area contributed by atoms with Crippen molar-refractivity contribution in [3.63, 3.8) is 0 Å². The van der Waals surface area contributed by atoms with Gasteiger partial charge in [-0.25, -0.2) is 0 Å². The number of aliphatic hydroxyl groups is 1. The molecular weight excluding hydrogens is 456 g/mol. The van der Waals surface area contributed by atoms with Gasteiger partial charge in [-0.1, -0.05) is 36.8 Å². The molecule has 1 N–H and O–H groups in total. The number of nitrogens with zero attached hydrogens (tertiary/aromatic N) is 2. The molecule has 3 fully saturated rings. The van der Waals surface area contributed by atoms with Crippen molar-refractivity contribution in [2.24, 2.45) is 5.92 Å². The topological polar surface area (TPSA) is 79.3 Å². The summed E-state index contributed by atoms with van der Waals surface area (Å²) in [4.78, 5) is 29.6. The van der Waals surface area contributed by atoms with Crippen LogP contribution in [0.3, 0.4) is 0 Å². The van der Waals surface area contributed by atoms with Crippen LogP contribution >= 0.6 is 0 Å². The summed E-state index contributed by atoms with van der Waals surface area (Å²) in [7, 11) is 0. The molecule has 2 saturated heterocycles. The molecule has 6 rings (SSSR count). The summed E-state index contributed by atoms with van der Waals surface area (Å²) in [5, 5.41) is 10.1. The maximum Gasteiger partial charge on any atom is 0.254 e. The molecule has 0 spiro atoms. The van der Waals surface area contributed by atoms with Gasteiger partial charge in [-0.05, 0) is 54.7 Å². The maximum absolute atomic E-state index is 13.3. The first-order chi connectivity index (χ1) is 17.6. The second kappa shape index (κ2) is 9.51. The number of aliphatic hydroxyl groups excluding tert-OH is 1. The van der Waals surface area contributed by atoms with Crippen molar-refractivity contribution in [1.29, 1.82) is 0 Å². The Morgan fingerprint density at radius 1 is 1.06 bits per heavy atom. The summed E-state index contributed by atoms with van der Waals surface area (Å²) < 4.78 is 10.7. The highest BCUT2D eigenvalue weighted by molar-refractivity contribution is 5.98. The fourth-order valence-corrected chi connectivity index (χ4v) is 6.17. The lowest BCUT2D eigenvalue weighted by molar-refractivity contribution is -0.159. The third kappa shape index (κ3) is 4.10. The average Bonchev–Trinajstić information content (AvgIpc) is 3.57. The monoisotopic (exact) mass is 486 g/mol. The summed E-state index contributed by atoms with van der Waals surface area (Å²) in [5.74, 6) is 8.14. The Balaban J connectivity index is 1.17. The Morgan fingerprint density at radius 3 is 2.61 bits per heavy atom. The average molecular weight is 487 g/mol. The fraction of sp³-hybridized carbons (Fsp3) is 0.448. The van der Waals surface area contributed by atoms with Gasteiger partial charge in [0, 0.05) is 30.0 Å². The zero-order valence-corrected chi connectivity index (χ0v) is 20.2. The van der Waals surface area contributed by atoms with E-state index in [1.54, 1.807) is 28.0 Å². The fourth-order valence-electron chi connectivity index (χ4n) is 6.17. The number of piperazine rings is 1. The normalized spacial score (nSPS) is 24.7. The molecule has 1 aliphatic carbocycles. The standard InChI is InChI=1S/C29H30N2O5/c32-17-24-28(21-10-8-20(9-11-21)7-3-6-19-4-1-2-5-19)23-15-30(16-27(33)31(23)24)29(34)22-12-13-25-26(14-22)36-18-35-25/h8-14,19,23-24,28,32H,1-2,4-6,15-18H2/t23-,24-,28+/m1/s1. The number of hydrogen-bond donors (Lipinski definition) is 1. The van der Waals surface area contributed by atoms with E-state index in [2.05, 4.69) is 11.8 Å². The van der Waals surface area contributed by atoms with Crippen LogP contribution < -0.4 is 9.47 Å². The molecule has 0 unspecified atom stereocenters. The van der Waals surface area contributed by atoms with Crippen LogP contribution in [0.15, 0.2) is 42.5 Å². The summed E-state index contributed by atoms with van der Waals surface area (Å²) in [6, 6.07) is 12.8. The Bertz CT molecular complexity index is 1220. The first kappa shape index (κ1) is 22.9. The minimum Gasteiger partial charge on any atom is -0.454 e. The molecule has 7 heteroatoms. The Labute approximate surface area is 211 Å². The minimum atomic E-state index is -0.274. The highest BCUT2D eigenvalue weighted by Gasteiger charge is 2.54. The SMILES string of the molecule is O=C(c1ccc2c(c1)OCO2)N1CC(=O)N2[C@H](CO)[C@@H](c3ccc(C#CCC4CCCC4)cc3)[C@H]2C1. The molecule has 4 aliphatic rings. The largest absolute Gasteiger partial charge is 0.454 e. The molecule has 3 atom stereocenters. The Hall–Kier alpha value is -3.50. The van der Waals surface area contributed by atoms with Crippen LogP contribution in [0.25, 0.3) is 0 Å². The number of fused-ring (bicyclic) bond motifs is 2. The Kier molecular flexibility index (Phi) is 6.06. The summed E-state index contributed by atoms with van der Waals surface area (Å²) in [5.41, 5.74) is 2.50. The van der Waals surface area contributed by atoms with Gasteiger partial charge in [0.15, 0.2) is 11.5 Å². The molecule has 1 saturated carbocycles. The molecule has 2 aromatic carbocycles. The first-order valence-electron chi connectivity index (χ1n) is 12.8. The van der Waals surface area contributed by atoms with Gasteiger partial charge in [0.1, 0.15) is 6.54 Å². The van der Waals surface area contributed by atoms with E-state index in [0.29, 0.717) is 23.6 Å². The van der Waals surface area contributed by atoms with Crippen LogP contribution in [0.1, 0.15) is 59.5 Å². The Morgan fingerprint density at radius 2 is 1.83 bits per heavy atom. The molecule has 3 heterocycles. The van der Waals surface area contributed by atoms with Gasteiger partial charge in [-0.2, -0.15) is 0 Å². The molecule has 36 heavy (non-hydrogen) atoms. The molecule has 3 aliphatic heterocycles. The molecule has 0 radical (unpaired) electrons. The zero-order chi connectivity index (χ0) is 24.6. The highest BCUT2D eigenvalue weighted by atomic mass is 16.7. The lowest BCUT2D eigenvalue weighted by Gasteiger charge is -2.58. The number of carbonyl (C=O) groups excluding carboxylic acids is 2. The molecular formula is C29H30N2O5.